The van der Waals surface area contributed by atoms with E-state index in [-0.39, 0.29) is 17.7 Å². The molecule has 2 heterocycles. The third-order valence-electron chi connectivity index (χ3n) is 5.59. The number of carbonyl (C=O) groups is 2. The van der Waals surface area contributed by atoms with Gasteiger partial charge in [-0.25, -0.2) is 4.98 Å². The highest BCUT2D eigenvalue weighted by Gasteiger charge is 2.28. The lowest BCUT2D eigenvalue weighted by molar-refractivity contribution is -0.122. The molecule has 1 saturated carbocycles. The minimum Gasteiger partial charge on any atom is -0.494 e. The fraction of sp³-hybridized carbons (Fsp3) is 0.500. The summed E-state index contributed by atoms with van der Waals surface area (Å²) in [4.78, 5) is 32.5. The summed E-state index contributed by atoms with van der Waals surface area (Å²) in [6.45, 7) is 4.01. The summed E-state index contributed by atoms with van der Waals surface area (Å²) in [5.41, 5.74) is 1.67. The minimum atomic E-state index is 0.0178. The maximum Gasteiger partial charge on any atom is 0.254 e. The molecule has 0 unspecified atom stereocenters. The van der Waals surface area contributed by atoms with Crippen LogP contribution in [0.2, 0.25) is 0 Å². The Kier molecular flexibility index (Phi) is 6.13. The summed E-state index contributed by atoms with van der Waals surface area (Å²) in [6, 6.07) is 7.38. The van der Waals surface area contributed by atoms with E-state index in [4.69, 9.17) is 4.74 Å². The number of amides is 2. The molecule has 1 aliphatic carbocycles. The number of nitrogens with zero attached hydrogens (tertiary/aromatic N) is 2. The Hall–Kier alpha value is -2.41. The van der Waals surface area contributed by atoms with Crippen molar-refractivity contribution in [1.82, 2.24) is 9.88 Å². The lowest BCUT2D eigenvalue weighted by atomic mass is 9.85. The summed E-state index contributed by atoms with van der Waals surface area (Å²) < 4.78 is 5.67. The normalized spacial score (nSPS) is 16.1. The molecular formula is C22H27N3O3S. The number of anilines is 1. The van der Waals surface area contributed by atoms with Gasteiger partial charge in [0, 0.05) is 29.3 Å². The Morgan fingerprint density at radius 3 is 2.76 bits per heavy atom. The van der Waals surface area contributed by atoms with Crippen LogP contribution in [-0.2, 0) is 17.8 Å². The van der Waals surface area contributed by atoms with Crippen molar-refractivity contribution in [2.75, 3.05) is 18.5 Å². The van der Waals surface area contributed by atoms with Crippen LogP contribution in [0.3, 0.4) is 0 Å². The van der Waals surface area contributed by atoms with Crippen LogP contribution in [0, 0.1) is 5.92 Å². The first-order valence-electron chi connectivity index (χ1n) is 10.5. The van der Waals surface area contributed by atoms with Crippen molar-refractivity contribution in [3.8, 4) is 5.75 Å². The lowest BCUT2D eigenvalue weighted by Gasteiger charge is -2.26. The maximum absolute atomic E-state index is 12.9. The van der Waals surface area contributed by atoms with Crippen molar-refractivity contribution in [2.45, 2.75) is 52.0 Å². The van der Waals surface area contributed by atoms with E-state index in [2.05, 4.69) is 17.2 Å². The number of nitrogens with one attached hydrogen (secondary N) is 1. The number of hydrogen-bond donors (Lipinski definition) is 1. The molecule has 4 rings (SSSR count). The average molecular weight is 414 g/mol. The van der Waals surface area contributed by atoms with Gasteiger partial charge in [-0.3, -0.25) is 9.59 Å². The maximum atomic E-state index is 12.9. The molecule has 2 amide bonds. The smallest absolute Gasteiger partial charge is 0.254 e. The highest BCUT2D eigenvalue weighted by molar-refractivity contribution is 7.15. The van der Waals surface area contributed by atoms with Crippen molar-refractivity contribution in [2.24, 2.45) is 5.92 Å². The van der Waals surface area contributed by atoms with Crippen molar-refractivity contribution in [1.29, 1.82) is 0 Å². The summed E-state index contributed by atoms with van der Waals surface area (Å²) in [5.74, 6) is 1.04. The molecule has 0 atom stereocenters. The second kappa shape index (κ2) is 8.95. The fourth-order valence-corrected chi connectivity index (χ4v) is 4.54. The van der Waals surface area contributed by atoms with Gasteiger partial charge in [-0.2, -0.15) is 0 Å². The van der Waals surface area contributed by atoms with Crippen LogP contribution in [-0.4, -0.2) is 34.8 Å². The van der Waals surface area contributed by atoms with Crippen LogP contribution in [0.1, 0.15) is 60.0 Å². The zero-order valence-corrected chi connectivity index (χ0v) is 17.6. The second-order valence-electron chi connectivity index (χ2n) is 7.71. The number of thiazole rings is 1. The predicted octanol–water partition coefficient (Wildman–Crippen LogP) is 4.26. The summed E-state index contributed by atoms with van der Waals surface area (Å²) >= 11 is 1.49. The summed E-state index contributed by atoms with van der Waals surface area (Å²) in [5, 5.41) is 3.62. The van der Waals surface area contributed by atoms with Crippen LogP contribution in [0.15, 0.2) is 24.3 Å². The second-order valence-corrected chi connectivity index (χ2v) is 8.79. The van der Waals surface area contributed by atoms with Gasteiger partial charge in [0.15, 0.2) is 5.13 Å². The van der Waals surface area contributed by atoms with Gasteiger partial charge in [0.1, 0.15) is 5.75 Å². The van der Waals surface area contributed by atoms with E-state index in [1.807, 2.05) is 29.2 Å². The molecule has 0 bridgehead atoms. The van der Waals surface area contributed by atoms with E-state index >= 15 is 0 Å². The molecule has 1 aliphatic heterocycles. The lowest BCUT2D eigenvalue weighted by Crippen LogP contribution is -2.35. The van der Waals surface area contributed by atoms with E-state index in [1.165, 1.54) is 11.3 Å². The van der Waals surface area contributed by atoms with Gasteiger partial charge in [-0.15, -0.1) is 0 Å². The Morgan fingerprint density at radius 1 is 1.28 bits per heavy atom. The summed E-state index contributed by atoms with van der Waals surface area (Å²) in [7, 11) is 0. The zero-order chi connectivity index (χ0) is 20.2. The topological polar surface area (TPSA) is 71.5 Å². The van der Waals surface area contributed by atoms with Crippen LogP contribution in [0.25, 0.3) is 0 Å². The average Bonchev–Trinajstić information content (AvgIpc) is 3.08. The number of hydrogen-bond acceptors (Lipinski definition) is 5. The quantitative estimate of drug-likeness (QED) is 0.689. The van der Waals surface area contributed by atoms with Gasteiger partial charge in [-0.1, -0.05) is 31.1 Å². The fourth-order valence-electron chi connectivity index (χ4n) is 3.51. The molecule has 1 fully saturated rings. The first kappa shape index (κ1) is 19.9. The van der Waals surface area contributed by atoms with Crippen molar-refractivity contribution >= 4 is 28.3 Å². The van der Waals surface area contributed by atoms with E-state index in [9.17, 15) is 9.59 Å². The molecule has 7 heteroatoms. The third kappa shape index (κ3) is 4.61. The molecule has 1 N–H and O–H groups in total. The number of benzene rings is 1. The molecule has 6 nitrogen and oxygen atoms in total. The molecule has 0 saturated heterocycles. The van der Waals surface area contributed by atoms with Gasteiger partial charge in [0.2, 0.25) is 5.91 Å². The first-order chi connectivity index (χ1) is 14.1. The van der Waals surface area contributed by atoms with Crippen LogP contribution in [0.4, 0.5) is 5.13 Å². The van der Waals surface area contributed by atoms with Crippen molar-refractivity contribution in [3.05, 3.63) is 40.4 Å². The summed E-state index contributed by atoms with van der Waals surface area (Å²) in [6.07, 6.45) is 5.92. The molecule has 0 radical (unpaired) electrons. The van der Waals surface area contributed by atoms with Gasteiger partial charge >= 0.3 is 0 Å². The van der Waals surface area contributed by atoms with Gasteiger partial charge in [0.05, 0.1) is 18.8 Å². The van der Waals surface area contributed by atoms with Gasteiger partial charge in [-0.05, 0) is 43.5 Å². The number of aromatic nitrogens is 1. The molecule has 2 aromatic rings. The highest BCUT2D eigenvalue weighted by Crippen LogP contribution is 2.32. The van der Waals surface area contributed by atoms with E-state index in [0.29, 0.717) is 30.4 Å². The Morgan fingerprint density at radius 2 is 2.07 bits per heavy atom. The molecule has 2 aliphatic rings. The molecule has 0 spiro atoms. The van der Waals surface area contributed by atoms with Crippen molar-refractivity contribution in [3.63, 3.8) is 0 Å². The van der Waals surface area contributed by atoms with Crippen molar-refractivity contribution < 1.29 is 14.3 Å². The predicted molar refractivity (Wildman–Crippen MR) is 113 cm³/mol. The number of ether oxygens (including phenoxy) is 1. The molecule has 29 heavy (non-hydrogen) atoms. The highest BCUT2D eigenvalue weighted by atomic mass is 32.1. The molecule has 1 aromatic heterocycles. The number of fused-ring (bicyclic) bond motifs is 1. The third-order valence-corrected chi connectivity index (χ3v) is 6.59. The zero-order valence-electron chi connectivity index (χ0n) is 16.8. The van der Waals surface area contributed by atoms with Crippen LogP contribution < -0.4 is 10.1 Å². The van der Waals surface area contributed by atoms with E-state index in [1.54, 1.807) is 0 Å². The SMILES string of the molecule is CCCCOc1ccc(C(=O)N2CCc3nc(NC(=O)C4CCC4)sc3C2)cc1. The van der Waals surface area contributed by atoms with E-state index in [0.717, 1.165) is 54.8 Å². The molecule has 1 aromatic carbocycles. The first-order valence-corrected chi connectivity index (χ1v) is 11.3. The van der Waals surface area contributed by atoms with Crippen LogP contribution >= 0.6 is 11.3 Å². The Labute approximate surface area is 175 Å². The Bertz CT molecular complexity index is 874. The molecule has 154 valence electrons. The van der Waals surface area contributed by atoms with Gasteiger partial charge in [0.25, 0.3) is 5.91 Å². The minimum absolute atomic E-state index is 0.0178. The van der Waals surface area contributed by atoms with Gasteiger partial charge < -0.3 is 15.0 Å². The number of rotatable bonds is 7. The number of carbonyl (C=O) groups excluding carboxylic acids is 2. The monoisotopic (exact) mass is 413 g/mol. The van der Waals surface area contributed by atoms with E-state index < -0.39 is 0 Å². The number of unbranched alkanes of at least 4 members (excludes halogenated alkanes) is 1. The largest absolute Gasteiger partial charge is 0.494 e. The van der Waals surface area contributed by atoms with Crippen LogP contribution in [0.5, 0.6) is 5.75 Å². The Balaban J connectivity index is 1.36. The standard InChI is InChI=1S/C22H27N3O3S/c1-2-3-13-28-17-9-7-16(8-10-17)21(27)25-12-11-18-19(14-25)29-22(23-18)24-20(26)15-5-4-6-15/h7-10,15H,2-6,11-14H2,1H3,(H,23,24,26). The molecular weight excluding hydrogens is 386 g/mol.